The van der Waals surface area contributed by atoms with Crippen molar-refractivity contribution in [1.82, 2.24) is 10.6 Å². The smallest absolute Gasteiger partial charge is 0.408 e. The average Bonchev–Trinajstić information content (AvgIpc) is 3.21. The Kier molecular flexibility index (Phi) is 7.59. The van der Waals surface area contributed by atoms with Crippen molar-refractivity contribution >= 4 is 12.0 Å². The lowest BCUT2D eigenvalue weighted by Crippen LogP contribution is -2.42. The molecule has 0 spiro atoms. The Morgan fingerprint density at radius 2 is 1.45 bits per heavy atom. The minimum Gasteiger partial charge on any atom is -0.464 e. The second kappa shape index (κ2) is 10.4. The Morgan fingerprint density at radius 3 is 2.00 bits per heavy atom. The van der Waals surface area contributed by atoms with Crippen LogP contribution in [0.4, 0.5) is 4.79 Å². The van der Waals surface area contributed by atoms with Gasteiger partial charge >= 0.3 is 6.09 Å². The number of carbonyl (C=O) groups is 2. The molecule has 1 heterocycles. The van der Waals surface area contributed by atoms with Gasteiger partial charge in [0.05, 0.1) is 12.1 Å². The van der Waals surface area contributed by atoms with E-state index in [1.165, 1.54) is 0 Å². The van der Waals surface area contributed by atoms with Gasteiger partial charge in [-0.1, -0.05) is 55.5 Å². The molecule has 2 amide bonds. The van der Waals surface area contributed by atoms with Crippen molar-refractivity contribution in [2.24, 2.45) is 5.92 Å². The Bertz CT molecular complexity index is 1050. The normalized spacial score (nSPS) is 14.1. The monoisotopic (exact) mass is 448 g/mol. The number of ether oxygens (including phenoxy) is 1. The number of furan rings is 1. The molecule has 1 aromatic heterocycles. The summed E-state index contributed by atoms with van der Waals surface area (Å²) < 4.78 is 11.4. The fraction of sp³-hybridized carbons (Fsp3) is 0.333. The Morgan fingerprint density at radius 1 is 0.848 bits per heavy atom. The van der Waals surface area contributed by atoms with Gasteiger partial charge in [0.25, 0.3) is 5.91 Å². The number of hydrogen-bond donors (Lipinski definition) is 2. The summed E-state index contributed by atoms with van der Waals surface area (Å²) >= 11 is 0. The molecule has 0 bridgehead atoms. The van der Waals surface area contributed by atoms with Gasteiger partial charge in [0.2, 0.25) is 0 Å². The lowest BCUT2D eigenvalue weighted by Gasteiger charge is -2.32. The van der Waals surface area contributed by atoms with Gasteiger partial charge in [-0.25, -0.2) is 4.79 Å². The number of rotatable bonds is 7. The molecule has 0 saturated carbocycles. The molecule has 6 nitrogen and oxygen atoms in total. The van der Waals surface area contributed by atoms with E-state index in [1.807, 2.05) is 95.3 Å². The Hall–Kier alpha value is -3.54. The van der Waals surface area contributed by atoms with Crippen molar-refractivity contribution < 1.29 is 18.7 Å². The van der Waals surface area contributed by atoms with Crippen LogP contribution in [0.2, 0.25) is 0 Å². The lowest BCUT2D eigenvalue weighted by molar-refractivity contribution is 0.0469. The van der Waals surface area contributed by atoms with E-state index in [9.17, 15) is 9.59 Å². The van der Waals surface area contributed by atoms with Crippen molar-refractivity contribution in [3.05, 3.63) is 95.4 Å². The first-order valence-corrected chi connectivity index (χ1v) is 11.1. The predicted molar refractivity (Wildman–Crippen MR) is 128 cm³/mol. The van der Waals surface area contributed by atoms with E-state index in [2.05, 4.69) is 10.6 Å². The molecule has 0 aliphatic heterocycles. The highest BCUT2D eigenvalue weighted by atomic mass is 16.6. The third kappa shape index (κ3) is 6.72. The molecule has 0 saturated heterocycles. The van der Waals surface area contributed by atoms with Crippen molar-refractivity contribution in [1.29, 1.82) is 0 Å². The van der Waals surface area contributed by atoms with Crippen LogP contribution in [0.1, 0.15) is 67.2 Å². The fourth-order valence-electron chi connectivity index (χ4n) is 3.70. The summed E-state index contributed by atoms with van der Waals surface area (Å²) in [6.07, 6.45) is -0.547. The average molecular weight is 449 g/mol. The van der Waals surface area contributed by atoms with Gasteiger partial charge in [-0.15, -0.1) is 0 Å². The second-order valence-corrected chi connectivity index (χ2v) is 9.16. The van der Waals surface area contributed by atoms with E-state index in [-0.39, 0.29) is 11.8 Å². The summed E-state index contributed by atoms with van der Waals surface area (Å²) in [6.45, 7) is 9.27. The molecule has 3 atom stereocenters. The first-order valence-electron chi connectivity index (χ1n) is 11.1. The number of hydrogen-bond acceptors (Lipinski definition) is 4. The molecule has 2 aromatic carbocycles. The zero-order valence-electron chi connectivity index (χ0n) is 19.8. The van der Waals surface area contributed by atoms with Gasteiger partial charge in [-0.05, 0) is 57.5 Å². The fourth-order valence-corrected chi connectivity index (χ4v) is 3.70. The molecule has 3 aromatic rings. The highest BCUT2D eigenvalue weighted by Crippen LogP contribution is 2.34. The van der Waals surface area contributed by atoms with Gasteiger partial charge in [0.15, 0.2) is 0 Å². The van der Waals surface area contributed by atoms with Crippen molar-refractivity contribution in [2.75, 3.05) is 0 Å². The molecule has 33 heavy (non-hydrogen) atoms. The van der Waals surface area contributed by atoms with Crippen LogP contribution >= 0.6 is 0 Å². The van der Waals surface area contributed by atoms with Gasteiger partial charge in [0, 0.05) is 11.5 Å². The van der Waals surface area contributed by atoms with Crippen LogP contribution in [-0.4, -0.2) is 17.6 Å². The standard InChI is InChI=1S/C27H32N2O4/c1-18-16-17-22(32-18)24(29-26(31)33-27(3,4)5)19(2)23(20-12-8-6-9-13-20)28-25(30)21-14-10-7-11-15-21/h6-17,19,23-24H,1-5H3,(H,28,30)(H,29,31)/t19-,23+,24-/m1/s1. The Labute approximate surface area is 195 Å². The SMILES string of the molecule is Cc1ccc([C@H](NC(=O)OC(C)(C)C)[C@H](C)[C@H](NC(=O)c2ccccc2)c2ccccc2)o1. The zero-order chi connectivity index (χ0) is 24.0. The number of alkyl carbamates (subject to hydrolysis) is 1. The highest BCUT2D eigenvalue weighted by Gasteiger charge is 2.33. The molecular formula is C27H32N2O4. The molecule has 6 heteroatoms. The van der Waals surface area contributed by atoms with Crippen LogP contribution in [0.25, 0.3) is 0 Å². The maximum absolute atomic E-state index is 13.1. The minimum absolute atomic E-state index is 0.192. The molecule has 0 fully saturated rings. The molecule has 0 aliphatic carbocycles. The molecule has 0 radical (unpaired) electrons. The molecule has 0 aliphatic rings. The van der Waals surface area contributed by atoms with E-state index in [4.69, 9.17) is 9.15 Å². The third-order valence-corrected chi connectivity index (χ3v) is 5.27. The number of amides is 2. The van der Waals surface area contributed by atoms with Crippen molar-refractivity contribution in [3.8, 4) is 0 Å². The first kappa shape index (κ1) is 24.1. The van der Waals surface area contributed by atoms with Crippen LogP contribution in [0, 0.1) is 12.8 Å². The van der Waals surface area contributed by atoms with Gasteiger partial charge in [-0.3, -0.25) is 4.79 Å². The quantitative estimate of drug-likeness (QED) is 0.467. The van der Waals surface area contributed by atoms with Crippen LogP contribution in [0.3, 0.4) is 0 Å². The van der Waals surface area contributed by atoms with Crippen LogP contribution in [-0.2, 0) is 4.74 Å². The lowest BCUT2D eigenvalue weighted by atomic mass is 9.87. The van der Waals surface area contributed by atoms with Gasteiger partial charge in [-0.2, -0.15) is 0 Å². The number of aryl methyl sites for hydroxylation is 1. The van der Waals surface area contributed by atoms with Crippen LogP contribution in [0.5, 0.6) is 0 Å². The maximum Gasteiger partial charge on any atom is 0.408 e. The minimum atomic E-state index is -0.642. The Balaban J connectivity index is 1.94. The van der Waals surface area contributed by atoms with Crippen molar-refractivity contribution in [3.63, 3.8) is 0 Å². The van der Waals surface area contributed by atoms with E-state index in [1.54, 1.807) is 12.1 Å². The van der Waals surface area contributed by atoms with E-state index >= 15 is 0 Å². The summed E-state index contributed by atoms with van der Waals surface area (Å²) in [7, 11) is 0. The largest absolute Gasteiger partial charge is 0.464 e. The first-order chi connectivity index (χ1) is 15.6. The second-order valence-electron chi connectivity index (χ2n) is 9.16. The zero-order valence-corrected chi connectivity index (χ0v) is 19.8. The molecule has 0 unspecified atom stereocenters. The van der Waals surface area contributed by atoms with E-state index in [0.717, 1.165) is 11.3 Å². The van der Waals surface area contributed by atoms with Crippen molar-refractivity contribution in [2.45, 2.75) is 52.3 Å². The molecular weight excluding hydrogens is 416 g/mol. The number of carbonyl (C=O) groups excluding carboxylic acids is 2. The van der Waals surface area contributed by atoms with Crippen LogP contribution < -0.4 is 10.6 Å². The number of nitrogens with one attached hydrogen (secondary N) is 2. The molecule has 2 N–H and O–H groups in total. The van der Waals surface area contributed by atoms with Gasteiger partial charge in [0.1, 0.15) is 17.1 Å². The summed E-state index contributed by atoms with van der Waals surface area (Å²) in [4.78, 5) is 25.8. The molecule has 3 rings (SSSR count). The summed E-state index contributed by atoms with van der Waals surface area (Å²) in [5, 5.41) is 6.12. The topological polar surface area (TPSA) is 80.6 Å². The molecule has 174 valence electrons. The van der Waals surface area contributed by atoms with E-state index < -0.39 is 23.8 Å². The summed E-state index contributed by atoms with van der Waals surface area (Å²) in [6, 6.07) is 21.5. The highest BCUT2D eigenvalue weighted by molar-refractivity contribution is 5.94. The maximum atomic E-state index is 13.1. The number of benzene rings is 2. The van der Waals surface area contributed by atoms with E-state index in [0.29, 0.717) is 11.3 Å². The predicted octanol–water partition coefficient (Wildman–Crippen LogP) is 5.96. The van der Waals surface area contributed by atoms with Crippen LogP contribution in [0.15, 0.2) is 77.2 Å². The third-order valence-electron chi connectivity index (χ3n) is 5.27. The summed E-state index contributed by atoms with van der Waals surface area (Å²) in [5.74, 6) is 0.875. The summed E-state index contributed by atoms with van der Waals surface area (Å²) in [5.41, 5.74) is 0.849. The van der Waals surface area contributed by atoms with Gasteiger partial charge < -0.3 is 19.8 Å².